The largest absolute Gasteiger partial charge is 0.298 e. The molecule has 1 saturated heterocycles. The van der Waals surface area contributed by atoms with Crippen molar-refractivity contribution in [2.45, 2.75) is 24.8 Å². The number of para-hydroxylation sites is 1. The maximum absolute atomic E-state index is 6.24. The number of fused-ring (bicyclic) bond motifs is 1. The number of halogens is 1. The first-order chi connectivity index (χ1) is 8.83. The molecule has 3 rings (SSSR count). The highest BCUT2D eigenvalue weighted by Gasteiger charge is 2.18. The van der Waals surface area contributed by atoms with E-state index in [2.05, 4.69) is 34.1 Å². The first-order valence-corrected chi connectivity index (χ1v) is 6.95. The number of piperidine rings is 1. The standard InChI is InChI=1S/C15H17ClN2/c16-13-4-3-9-18(11-13)10-12-7-8-17-15-6-2-1-5-14(12)15/h1-2,5-8,13H,3-4,9-11H2. The van der Waals surface area contributed by atoms with Crippen molar-refractivity contribution in [3.63, 3.8) is 0 Å². The highest BCUT2D eigenvalue weighted by atomic mass is 35.5. The summed E-state index contributed by atoms with van der Waals surface area (Å²) in [5.41, 5.74) is 2.43. The Hall–Kier alpha value is -1.12. The minimum atomic E-state index is 0.312. The second-order valence-corrected chi connectivity index (χ2v) is 5.58. The van der Waals surface area contributed by atoms with Crippen molar-refractivity contribution < 1.29 is 0 Å². The number of benzene rings is 1. The summed E-state index contributed by atoms with van der Waals surface area (Å²) in [4.78, 5) is 6.85. The summed E-state index contributed by atoms with van der Waals surface area (Å²) < 4.78 is 0. The molecule has 2 aromatic rings. The number of hydrogen-bond donors (Lipinski definition) is 0. The predicted octanol–water partition coefficient (Wildman–Crippen LogP) is 3.44. The average molecular weight is 261 g/mol. The molecule has 0 saturated carbocycles. The van der Waals surface area contributed by atoms with Gasteiger partial charge in [-0.05, 0) is 37.1 Å². The minimum Gasteiger partial charge on any atom is -0.298 e. The van der Waals surface area contributed by atoms with E-state index in [1.807, 2.05) is 12.3 Å². The van der Waals surface area contributed by atoms with Crippen LogP contribution in [0, 0.1) is 0 Å². The van der Waals surface area contributed by atoms with Crippen LogP contribution in [-0.4, -0.2) is 28.4 Å². The van der Waals surface area contributed by atoms with E-state index in [1.165, 1.54) is 17.4 Å². The molecule has 2 heterocycles. The van der Waals surface area contributed by atoms with Crippen molar-refractivity contribution in [2.24, 2.45) is 0 Å². The van der Waals surface area contributed by atoms with E-state index >= 15 is 0 Å². The zero-order valence-electron chi connectivity index (χ0n) is 10.3. The zero-order chi connectivity index (χ0) is 12.4. The van der Waals surface area contributed by atoms with Crippen LogP contribution in [0.25, 0.3) is 10.9 Å². The molecule has 1 aliphatic rings. The molecule has 0 spiro atoms. The van der Waals surface area contributed by atoms with Crippen LogP contribution in [0.15, 0.2) is 36.5 Å². The van der Waals surface area contributed by atoms with Crippen molar-refractivity contribution in [3.05, 3.63) is 42.1 Å². The molecule has 0 N–H and O–H groups in total. The minimum absolute atomic E-state index is 0.312. The highest BCUT2D eigenvalue weighted by molar-refractivity contribution is 6.20. The van der Waals surface area contributed by atoms with Gasteiger partial charge in [-0.3, -0.25) is 9.88 Å². The van der Waals surface area contributed by atoms with E-state index < -0.39 is 0 Å². The predicted molar refractivity (Wildman–Crippen MR) is 75.9 cm³/mol. The average Bonchev–Trinajstić information content (AvgIpc) is 2.39. The Morgan fingerprint density at radius 3 is 3.06 bits per heavy atom. The molecule has 0 bridgehead atoms. The van der Waals surface area contributed by atoms with Crippen molar-refractivity contribution in [2.75, 3.05) is 13.1 Å². The van der Waals surface area contributed by atoms with E-state index in [4.69, 9.17) is 11.6 Å². The monoisotopic (exact) mass is 260 g/mol. The summed E-state index contributed by atoms with van der Waals surface area (Å²) in [6.07, 6.45) is 4.26. The molecule has 1 aromatic heterocycles. The molecule has 0 amide bonds. The number of nitrogens with zero attached hydrogens (tertiary/aromatic N) is 2. The number of hydrogen-bond acceptors (Lipinski definition) is 2. The third kappa shape index (κ3) is 2.50. The summed E-state index contributed by atoms with van der Waals surface area (Å²) in [5, 5.41) is 1.57. The molecular weight excluding hydrogens is 244 g/mol. The van der Waals surface area contributed by atoms with Gasteiger partial charge in [0.2, 0.25) is 0 Å². The normalized spacial score (nSPS) is 21.3. The van der Waals surface area contributed by atoms with Gasteiger partial charge in [0.15, 0.2) is 0 Å². The van der Waals surface area contributed by atoms with Crippen LogP contribution in [-0.2, 0) is 6.54 Å². The topological polar surface area (TPSA) is 16.1 Å². The molecule has 1 atom stereocenters. The zero-order valence-corrected chi connectivity index (χ0v) is 11.1. The van der Waals surface area contributed by atoms with Gasteiger partial charge in [-0.2, -0.15) is 0 Å². The summed E-state index contributed by atoms with van der Waals surface area (Å²) in [6, 6.07) is 10.5. The fraction of sp³-hybridized carbons (Fsp3) is 0.400. The van der Waals surface area contributed by atoms with E-state index in [0.29, 0.717) is 5.38 Å². The molecule has 18 heavy (non-hydrogen) atoms. The van der Waals surface area contributed by atoms with Crippen LogP contribution in [0.1, 0.15) is 18.4 Å². The molecule has 1 fully saturated rings. The number of likely N-dealkylation sites (tertiary alicyclic amines) is 1. The molecule has 1 aromatic carbocycles. The highest BCUT2D eigenvalue weighted by Crippen LogP contribution is 2.21. The molecule has 2 nitrogen and oxygen atoms in total. The maximum Gasteiger partial charge on any atom is 0.0705 e. The Kier molecular flexibility index (Phi) is 3.48. The van der Waals surface area contributed by atoms with Crippen molar-refractivity contribution >= 4 is 22.5 Å². The van der Waals surface area contributed by atoms with Crippen molar-refractivity contribution in [1.82, 2.24) is 9.88 Å². The quantitative estimate of drug-likeness (QED) is 0.769. The lowest BCUT2D eigenvalue weighted by molar-refractivity contribution is 0.225. The van der Waals surface area contributed by atoms with E-state index in [0.717, 1.165) is 31.6 Å². The van der Waals surface area contributed by atoms with Crippen molar-refractivity contribution in [1.29, 1.82) is 0 Å². The molecule has 3 heteroatoms. The SMILES string of the molecule is ClC1CCCN(Cc2ccnc3ccccc23)C1. The fourth-order valence-corrected chi connectivity index (χ4v) is 3.03. The van der Waals surface area contributed by atoms with Gasteiger partial charge in [-0.1, -0.05) is 18.2 Å². The molecule has 0 aliphatic carbocycles. The molecular formula is C15H17ClN2. The maximum atomic E-state index is 6.24. The number of pyridine rings is 1. The first kappa shape index (κ1) is 11.9. The van der Waals surface area contributed by atoms with Crippen LogP contribution in [0.3, 0.4) is 0 Å². The second-order valence-electron chi connectivity index (χ2n) is 4.96. The van der Waals surface area contributed by atoms with Gasteiger partial charge < -0.3 is 0 Å². The van der Waals surface area contributed by atoms with Crippen LogP contribution in [0.4, 0.5) is 0 Å². The van der Waals surface area contributed by atoms with Gasteiger partial charge in [0, 0.05) is 30.0 Å². The summed E-state index contributed by atoms with van der Waals surface area (Å²) in [5.74, 6) is 0. The Bertz CT molecular complexity index is 536. The number of aromatic nitrogens is 1. The Balaban J connectivity index is 1.86. The van der Waals surface area contributed by atoms with E-state index in [-0.39, 0.29) is 0 Å². The lowest BCUT2D eigenvalue weighted by atomic mass is 10.1. The number of rotatable bonds is 2. The van der Waals surface area contributed by atoms with Gasteiger partial charge in [0.05, 0.1) is 5.52 Å². The fourth-order valence-electron chi connectivity index (χ4n) is 2.68. The Labute approximate surface area is 113 Å². The van der Waals surface area contributed by atoms with Crippen LogP contribution in [0.2, 0.25) is 0 Å². The van der Waals surface area contributed by atoms with Gasteiger partial charge in [0.1, 0.15) is 0 Å². The molecule has 0 radical (unpaired) electrons. The lowest BCUT2D eigenvalue weighted by Gasteiger charge is -2.29. The van der Waals surface area contributed by atoms with Crippen molar-refractivity contribution in [3.8, 4) is 0 Å². The Morgan fingerprint density at radius 1 is 1.28 bits per heavy atom. The molecule has 1 unspecified atom stereocenters. The van der Waals surface area contributed by atoms with Gasteiger partial charge >= 0.3 is 0 Å². The third-order valence-electron chi connectivity index (χ3n) is 3.58. The summed E-state index contributed by atoms with van der Waals surface area (Å²) in [6.45, 7) is 3.13. The van der Waals surface area contributed by atoms with Crippen LogP contribution in [0.5, 0.6) is 0 Å². The van der Waals surface area contributed by atoms with Gasteiger partial charge in [-0.15, -0.1) is 11.6 Å². The van der Waals surface area contributed by atoms with E-state index in [9.17, 15) is 0 Å². The smallest absolute Gasteiger partial charge is 0.0705 e. The molecule has 1 aliphatic heterocycles. The first-order valence-electron chi connectivity index (χ1n) is 6.52. The Morgan fingerprint density at radius 2 is 2.17 bits per heavy atom. The second kappa shape index (κ2) is 5.25. The lowest BCUT2D eigenvalue weighted by Crippen LogP contribution is -2.35. The van der Waals surface area contributed by atoms with E-state index in [1.54, 1.807) is 0 Å². The van der Waals surface area contributed by atoms with Gasteiger partial charge in [-0.25, -0.2) is 0 Å². The van der Waals surface area contributed by atoms with Gasteiger partial charge in [0.25, 0.3) is 0 Å². The summed E-state index contributed by atoms with van der Waals surface area (Å²) in [7, 11) is 0. The number of alkyl halides is 1. The van der Waals surface area contributed by atoms with Crippen LogP contribution >= 0.6 is 11.6 Å². The third-order valence-corrected chi connectivity index (χ3v) is 3.94. The van der Waals surface area contributed by atoms with Crippen LogP contribution < -0.4 is 0 Å². The molecule has 94 valence electrons. The summed E-state index contributed by atoms with van der Waals surface area (Å²) >= 11 is 6.24.